The molecule has 0 atom stereocenters. The van der Waals surface area contributed by atoms with Gasteiger partial charge in [0, 0.05) is 28.4 Å². The number of rotatable bonds is 8. The highest BCUT2D eigenvalue weighted by Crippen LogP contribution is 2.31. The minimum absolute atomic E-state index is 0.154. The Labute approximate surface area is 218 Å². The Morgan fingerprint density at radius 3 is 2.41 bits per heavy atom. The van der Waals surface area contributed by atoms with Gasteiger partial charge >= 0.3 is 0 Å². The van der Waals surface area contributed by atoms with Crippen molar-refractivity contribution in [1.82, 2.24) is 14.5 Å². The number of halogens is 2. The monoisotopic (exact) mass is 526 g/mol. The SMILES string of the molecule is CC.COc1ccc(Cn2cc(-c3cc(C(F)F)nc(Sc4cccc(N)c4)n3)ccc2=O)cc1OC. The number of alkyl halides is 2. The van der Waals surface area contributed by atoms with Gasteiger partial charge in [-0.25, -0.2) is 18.7 Å². The number of nitrogens with zero attached hydrogens (tertiary/aromatic N) is 3. The number of benzene rings is 2. The average molecular weight is 527 g/mol. The molecule has 2 aromatic heterocycles. The van der Waals surface area contributed by atoms with Crippen molar-refractivity contribution in [3.63, 3.8) is 0 Å². The molecule has 0 unspecified atom stereocenters. The Hall–Kier alpha value is -3.92. The summed E-state index contributed by atoms with van der Waals surface area (Å²) in [5.74, 6) is 1.11. The van der Waals surface area contributed by atoms with Crippen LogP contribution in [0.1, 0.15) is 31.5 Å². The van der Waals surface area contributed by atoms with Gasteiger partial charge in [-0.1, -0.05) is 26.0 Å². The Morgan fingerprint density at radius 1 is 0.973 bits per heavy atom. The molecule has 7 nitrogen and oxygen atoms in total. The highest BCUT2D eigenvalue weighted by molar-refractivity contribution is 7.99. The molecule has 0 saturated heterocycles. The standard InChI is InChI=1S/C25H22F2N4O3S.C2H6/c1-33-21-8-6-15(10-22(21)34-2)13-31-14-16(7-9-23(31)32)19-12-20(24(26)27)30-25(29-19)35-18-5-3-4-17(28)11-18;1-2/h3-12,14,24H,13,28H2,1-2H3;1-2H3. The van der Waals surface area contributed by atoms with Gasteiger partial charge < -0.3 is 19.8 Å². The first-order chi connectivity index (χ1) is 17.9. The number of nitrogen functional groups attached to an aromatic ring is 1. The predicted octanol–water partition coefficient (Wildman–Crippen LogP) is 6.07. The third kappa shape index (κ3) is 7.07. The van der Waals surface area contributed by atoms with Gasteiger partial charge in [-0.3, -0.25) is 4.79 Å². The van der Waals surface area contributed by atoms with Crippen molar-refractivity contribution in [1.29, 1.82) is 0 Å². The lowest BCUT2D eigenvalue weighted by molar-refractivity contribution is 0.145. The first-order valence-corrected chi connectivity index (χ1v) is 12.3. The molecule has 10 heteroatoms. The Balaban J connectivity index is 0.00000186. The van der Waals surface area contributed by atoms with Gasteiger partial charge in [0.25, 0.3) is 12.0 Å². The van der Waals surface area contributed by atoms with Crippen LogP contribution in [-0.4, -0.2) is 28.8 Å². The molecule has 0 aliphatic carbocycles. The minimum atomic E-state index is -2.78. The number of pyridine rings is 1. The van der Waals surface area contributed by atoms with E-state index in [2.05, 4.69) is 9.97 Å². The second kappa shape index (κ2) is 12.9. The van der Waals surface area contributed by atoms with Crippen molar-refractivity contribution in [2.45, 2.75) is 36.9 Å². The molecule has 0 aliphatic rings. The number of ether oxygens (including phenoxy) is 2. The normalized spacial score (nSPS) is 10.6. The third-order valence-electron chi connectivity index (χ3n) is 5.10. The number of hydrogen-bond donors (Lipinski definition) is 1. The Kier molecular flexibility index (Phi) is 9.62. The maximum Gasteiger partial charge on any atom is 0.280 e. The summed E-state index contributed by atoms with van der Waals surface area (Å²) in [6, 6.07) is 16.5. The van der Waals surface area contributed by atoms with Gasteiger partial charge in [0.15, 0.2) is 16.7 Å². The van der Waals surface area contributed by atoms with Crippen molar-refractivity contribution >= 4 is 17.4 Å². The molecule has 2 aromatic carbocycles. The predicted molar refractivity (Wildman–Crippen MR) is 142 cm³/mol. The third-order valence-corrected chi connectivity index (χ3v) is 5.95. The van der Waals surface area contributed by atoms with Crippen LogP contribution < -0.4 is 20.8 Å². The maximum absolute atomic E-state index is 13.6. The first kappa shape index (κ1) is 27.7. The van der Waals surface area contributed by atoms with Crippen LogP contribution in [0.4, 0.5) is 14.5 Å². The number of nitrogens with two attached hydrogens (primary N) is 1. The van der Waals surface area contributed by atoms with Gasteiger partial charge in [0.05, 0.1) is 26.5 Å². The van der Waals surface area contributed by atoms with Gasteiger partial charge in [0.2, 0.25) is 0 Å². The molecule has 2 N–H and O–H groups in total. The molecule has 0 radical (unpaired) electrons. The smallest absolute Gasteiger partial charge is 0.280 e. The zero-order valence-electron chi connectivity index (χ0n) is 20.9. The van der Waals surface area contributed by atoms with Gasteiger partial charge in [-0.2, -0.15) is 0 Å². The fourth-order valence-corrected chi connectivity index (χ4v) is 4.26. The second-order valence-corrected chi connectivity index (χ2v) is 8.55. The van der Waals surface area contributed by atoms with Crippen molar-refractivity contribution in [2.24, 2.45) is 0 Å². The lowest BCUT2D eigenvalue weighted by atomic mass is 10.1. The van der Waals surface area contributed by atoms with Crippen LogP contribution in [-0.2, 0) is 6.54 Å². The van der Waals surface area contributed by atoms with Crippen molar-refractivity contribution < 1.29 is 18.3 Å². The first-order valence-electron chi connectivity index (χ1n) is 11.5. The van der Waals surface area contributed by atoms with E-state index in [0.717, 1.165) is 22.2 Å². The molecule has 194 valence electrons. The molecule has 0 fully saturated rings. The van der Waals surface area contributed by atoms with Crippen LogP contribution in [0.25, 0.3) is 11.3 Å². The van der Waals surface area contributed by atoms with Crippen LogP contribution in [0, 0.1) is 0 Å². The molecule has 4 rings (SSSR count). The highest BCUT2D eigenvalue weighted by Gasteiger charge is 2.16. The Morgan fingerprint density at radius 2 is 1.73 bits per heavy atom. The maximum atomic E-state index is 13.6. The van der Waals surface area contributed by atoms with E-state index in [0.29, 0.717) is 22.7 Å². The van der Waals surface area contributed by atoms with Crippen LogP contribution in [0.5, 0.6) is 11.5 Å². The van der Waals surface area contributed by atoms with E-state index in [-0.39, 0.29) is 23.0 Å². The summed E-state index contributed by atoms with van der Waals surface area (Å²) in [6.07, 6.45) is -1.19. The molecule has 0 aliphatic heterocycles. The minimum Gasteiger partial charge on any atom is -0.493 e. The molecule has 0 spiro atoms. The summed E-state index contributed by atoms with van der Waals surface area (Å²) in [7, 11) is 3.07. The second-order valence-electron chi connectivity index (χ2n) is 7.51. The fraction of sp³-hybridized carbons (Fsp3) is 0.222. The van der Waals surface area contributed by atoms with E-state index in [1.165, 1.54) is 23.8 Å². The molecule has 4 aromatic rings. The van der Waals surface area contributed by atoms with E-state index in [9.17, 15) is 13.6 Å². The van der Waals surface area contributed by atoms with Crippen molar-refractivity contribution in [3.05, 3.63) is 88.5 Å². The molecule has 0 bridgehead atoms. The summed E-state index contributed by atoms with van der Waals surface area (Å²) >= 11 is 1.13. The van der Waals surface area contributed by atoms with Crippen LogP contribution in [0.2, 0.25) is 0 Å². The van der Waals surface area contributed by atoms with E-state index >= 15 is 0 Å². The zero-order chi connectivity index (χ0) is 26.9. The summed E-state index contributed by atoms with van der Waals surface area (Å²) in [4.78, 5) is 21.7. The van der Waals surface area contributed by atoms with E-state index in [1.807, 2.05) is 19.9 Å². The largest absolute Gasteiger partial charge is 0.493 e. The lowest BCUT2D eigenvalue weighted by Gasteiger charge is -2.12. The molecule has 0 amide bonds. The molecular weight excluding hydrogens is 498 g/mol. The Bertz CT molecular complexity index is 1410. The number of anilines is 1. The van der Waals surface area contributed by atoms with Gasteiger partial charge in [-0.15, -0.1) is 0 Å². The quantitative estimate of drug-likeness (QED) is 0.220. The van der Waals surface area contributed by atoms with Crippen LogP contribution in [0.15, 0.2) is 81.7 Å². The van der Waals surface area contributed by atoms with Crippen LogP contribution >= 0.6 is 11.8 Å². The lowest BCUT2D eigenvalue weighted by Crippen LogP contribution is -2.19. The van der Waals surface area contributed by atoms with Gasteiger partial charge in [0.1, 0.15) is 5.69 Å². The van der Waals surface area contributed by atoms with Crippen LogP contribution in [0.3, 0.4) is 0 Å². The topological polar surface area (TPSA) is 92.3 Å². The van der Waals surface area contributed by atoms with Crippen molar-refractivity contribution in [3.8, 4) is 22.8 Å². The van der Waals surface area contributed by atoms with Gasteiger partial charge in [-0.05, 0) is 59.8 Å². The summed E-state index contributed by atoms with van der Waals surface area (Å²) in [6.45, 7) is 4.24. The molecular formula is C27H28F2N4O3S. The number of aromatic nitrogens is 3. The molecule has 37 heavy (non-hydrogen) atoms. The fourth-order valence-electron chi connectivity index (χ4n) is 3.41. The summed E-state index contributed by atoms with van der Waals surface area (Å²) < 4.78 is 39.3. The summed E-state index contributed by atoms with van der Waals surface area (Å²) in [5, 5.41) is 0.154. The summed E-state index contributed by atoms with van der Waals surface area (Å²) in [5.41, 5.74) is 7.30. The average Bonchev–Trinajstić information content (AvgIpc) is 2.90. The van der Waals surface area contributed by atoms with E-state index in [1.54, 1.807) is 55.8 Å². The van der Waals surface area contributed by atoms with Crippen molar-refractivity contribution in [2.75, 3.05) is 20.0 Å². The molecule has 2 heterocycles. The number of methoxy groups -OCH3 is 2. The van der Waals surface area contributed by atoms with E-state index < -0.39 is 12.1 Å². The van der Waals surface area contributed by atoms with E-state index in [4.69, 9.17) is 15.2 Å². The number of hydrogen-bond acceptors (Lipinski definition) is 7. The zero-order valence-corrected chi connectivity index (χ0v) is 21.8. The molecule has 0 saturated carbocycles. The highest BCUT2D eigenvalue weighted by atomic mass is 32.2.